The Bertz CT molecular complexity index is 1130. The zero-order valence-electron chi connectivity index (χ0n) is 18.1. The fourth-order valence-corrected chi connectivity index (χ4v) is 4.89. The average Bonchev–Trinajstić information content (AvgIpc) is 3.18. The van der Waals surface area contributed by atoms with Crippen molar-refractivity contribution in [1.82, 2.24) is 4.90 Å². The lowest BCUT2D eigenvalue weighted by Gasteiger charge is -2.55. The molecule has 5 rings (SSSR count). The highest BCUT2D eigenvalue weighted by molar-refractivity contribution is 6.62. The van der Waals surface area contributed by atoms with E-state index in [0.717, 1.165) is 11.0 Å². The number of benzene rings is 2. The van der Waals surface area contributed by atoms with Crippen molar-refractivity contribution in [2.75, 3.05) is 0 Å². The molecular formula is C25H24BNO5. The number of imide groups is 1. The van der Waals surface area contributed by atoms with Gasteiger partial charge in [-0.3, -0.25) is 14.5 Å². The van der Waals surface area contributed by atoms with Crippen LogP contribution in [0.2, 0.25) is 0 Å². The fourth-order valence-electron chi connectivity index (χ4n) is 4.89. The molecule has 0 unspecified atom stereocenters. The van der Waals surface area contributed by atoms with Crippen LogP contribution in [0.5, 0.6) is 0 Å². The second kappa shape index (κ2) is 6.67. The lowest BCUT2D eigenvalue weighted by molar-refractivity contribution is -0.0989. The van der Waals surface area contributed by atoms with Gasteiger partial charge >= 0.3 is 7.12 Å². The van der Waals surface area contributed by atoms with Gasteiger partial charge in [-0.05, 0) is 37.0 Å². The monoisotopic (exact) mass is 429 g/mol. The first kappa shape index (κ1) is 20.7. The molecule has 0 aromatic heterocycles. The number of fused-ring (bicyclic) bond motifs is 1. The Morgan fingerprint density at radius 2 is 1.59 bits per heavy atom. The van der Waals surface area contributed by atoms with Crippen molar-refractivity contribution in [3.8, 4) is 0 Å². The Morgan fingerprint density at radius 1 is 1.03 bits per heavy atom. The van der Waals surface area contributed by atoms with E-state index in [-0.39, 0.29) is 24.7 Å². The quantitative estimate of drug-likeness (QED) is 0.460. The molecule has 0 atom stereocenters. The Labute approximate surface area is 187 Å². The van der Waals surface area contributed by atoms with E-state index in [0.29, 0.717) is 16.9 Å². The molecule has 0 radical (unpaired) electrons. The molecule has 1 N–H and O–H groups in total. The van der Waals surface area contributed by atoms with Crippen LogP contribution in [0.4, 0.5) is 0 Å². The maximum absolute atomic E-state index is 13.3. The van der Waals surface area contributed by atoms with Crippen LogP contribution in [0.25, 0.3) is 0 Å². The highest BCUT2D eigenvalue weighted by Gasteiger charge is 2.61. The summed E-state index contributed by atoms with van der Waals surface area (Å²) >= 11 is 0. The first-order chi connectivity index (χ1) is 15.1. The molecule has 1 saturated carbocycles. The minimum absolute atomic E-state index is 0.189. The van der Waals surface area contributed by atoms with Crippen molar-refractivity contribution in [2.24, 2.45) is 0 Å². The predicted molar refractivity (Wildman–Crippen MR) is 120 cm³/mol. The van der Waals surface area contributed by atoms with Crippen LogP contribution in [0.3, 0.4) is 0 Å². The number of hydrogen-bond donors (Lipinski definition) is 1. The zero-order valence-corrected chi connectivity index (χ0v) is 18.1. The third-order valence-electron chi connectivity index (χ3n) is 6.84. The summed E-state index contributed by atoms with van der Waals surface area (Å²) in [6.07, 6.45) is 1.86. The molecule has 1 saturated heterocycles. The molecule has 3 aliphatic rings. The molecule has 2 fully saturated rings. The lowest BCUT2D eigenvalue weighted by atomic mass is 9.60. The van der Waals surface area contributed by atoms with Crippen molar-refractivity contribution < 1.29 is 24.0 Å². The number of rotatable bonds is 4. The van der Waals surface area contributed by atoms with E-state index < -0.39 is 23.9 Å². The third kappa shape index (κ3) is 2.81. The standard InChI is InChI=1S/C25H24BNO5/c1-5-24(30)14-25(15-24,27-21(28)19-8-6-7-9-20(19)22(27)29)17-10-12-18(13-11-17)26-31-16(2)23(3,4)32-26/h5-13,30H,1-2,14-15H2,3-4H3/t24-,25-. The number of amides is 2. The summed E-state index contributed by atoms with van der Waals surface area (Å²) in [5, 5.41) is 10.8. The van der Waals surface area contributed by atoms with Gasteiger partial charge in [0.05, 0.1) is 28.0 Å². The van der Waals surface area contributed by atoms with Gasteiger partial charge < -0.3 is 14.4 Å². The number of carbonyl (C=O) groups is 2. The lowest BCUT2D eigenvalue weighted by Crippen LogP contribution is -2.64. The van der Waals surface area contributed by atoms with Gasteiger partial charge in [0, 0.05) is 12.8 Å². The first-order valence-electron chi connectivity index (χ1n) is 10.6. The van der Waals surface area contributed by atoms with E-state index in [2.05, 4.69) is 13.2 Å². The SMILES string of the molecule is C=C[C@]1(O)C[C@](c2ccc(B3OC(=C)C(C)(C)O3)cc2)(N2C(=O)c3ccccc3C2=O)C1. The normalized spacial score (nSPS) is 28.4. The van der Waals surface area contributed by atoms with Crippen molar-refractivity contribution in [3.05, 3.63) is 90.2 Å². The Kier molecular flexibility index (Phi) is 4.32. The third-order valence-corrected chi connectivity index (χ3v) is 6.84. The molecule has 32 heavy (non-hydrogen) atoms. The van der Waals surface area contributed by atoms with E-state index in [1.54, 1.807) is 24.3 Å². The summed E-state index contributed by atoms with van der Waals surface area (Å²) in [5.74, 6) is -0.133. The van der Waals surface area contributed by atoms with Gasteiger partial charge in [0.2, 0.25) is 0 Å². The van der Waals surface area contributed by atoms with E-state index in [9.17, 15) is 14.7 Å². The van der Waals surface area contributed by atoms with Crippen molar-refractivity contribution in [3.63, 3.8) is 0 Å². The molecule has 1 aliphatic carbocycles. The second-order valence-corrected chi connectivity index (χ2v) is 9.31. The van der Waals surface area contributed by atoms with Crippen LogP contribution >= 0.6 is 0 Å². The Morgan fingerprint density at radius 3 is 2.06 bits per heavy atom. The molecule has 2 heterocycles. The van der Waals surface area contributed by atoms with Gasteiger partial charge in [-0.25, -0.2) is 0 Å². The summed E-state index contributed by atoms with van der Waals surface area (Å²) in [6.45, 7) is 11.4. The summed E-state index contributed by atoms with van der Waals surface area (Å²) in [7, 11) is -0.576. The smallest absolute Gasteiger partial charge is 0.534 e. The Hall–Kier alpha value is -3.16. The highest BCUT2D eigenvalue weighted by Crippen LogP contribution is 2.55. The van der Waals surface area contributed by atoms with Crippen LogP contribution in [0, 0.1) is 0 Å². The van der Waals surface area contributed by atoms with Crippen molar-refractivity contribution in [2.45, 2.75) is 43.4 Å². The molecule has 6 nitrogen and oxygen atoms in total. The van der Waals surface area contributed by atoms with Crippen molar-refractivity contribution >= 4 is 24.4 Å². The predicted octanol–water partition coefficient (Wildman–Crippen LogP) is 2.92. The van der Waals surface area contributed by atoms with Crippen LogP contribution in [-0.4, -0.2) is 40.1 Å². The van der Waals surface area contributed by atoms with Gasteiger partial charge in [-0.1, -0.05) is 49.1 Å². The minimum Gasteiger partial charge on any atom is -0.534 e. The molecule has 2 aromatic rings. The largest absolute Gasteiger partial charge is 0.563 e. The van der Waals surface area contributed by atoms with Crippen LogP contribution in [0.1, 0.15) is 53.0 Å². The van der Waals surface area contributed by atoms with Crippen LogP contribution in [0.15, 0.2) is 73.5 Å². The number of aliphatic hydroxyl groups is 1. The van der Waals surface area contributed by atoms with Gasteiger partial charge in [0.1, 0.15) is 5.60 Å². The summed E-state index contributed by atoms with van der Waals surface area (Å²) < 4.78 is 11.7. The van der Waals surface area contributed by atoms with Crippen molar-refractivity contribution in [1.29, 1.82) is 0 Å². The minimum atomic E-state index is -1.15. The summed E-state index contributed by atoms with van der Waals surface area (Å²) in [4.78, 5) is 27.8. The number of carbonyl (C=O) groups excluding carboxylic acids is 2. The number of nitrogens with zero attached hydrogens (tertiary/aromatic N) is 1. The van der Waals surface area contributed by atoms with E-state index in [4.69, 9.17) is 9.31 Å². The van der Waals surface area contributed by atoms with Gasteiger partial charge in [-0.2, -0.15) is 0 Å². The first-order valence-corrected chi connectivity index (χ1v) is 10.6. The van der Waals surface area contributed by atoms with Gasteiger partial charge in [0.25, 0.3) is 11.8 Å². The molecule has 162 valence electrons. The van der Waals surface area contributed by atoms with Crippen LogP contribution < -0.4 is 5.46 Å². The van der Waals surface area contributed by atoms with E-state index in [1.807, 2.05) is 38.1 Å². The molecular weight excluding hydrogens is 405 g/mol. The average molecular weight is 429 g/mol. The van der Waals surface area contributed by atoms with E-state index in [1.165, 1.54) is 11.0 Å². The molecule has 2 amide bonds. The topological polar surface area (TPSA) is 76.1 Å². The van der Waals surface area contributed by atoms with Gasteiger partial charge in [-0.15, -0.1) is 6.58 Å². The summed E-state index contributed by atoms with van der Waals surface area (Å²) in [5.41, 5.74) is -0.358. The molecule has 0 bridgehead atoms. The molecule has 7 heteroatoms. The molecule has 2 aromatic carbocycles. The maximum atomic E-state index is 13.3. The fraction of sp³-hybridized carbons (Fsp3) is 0.280. The Balaban J connectivity index is 1.52. The maximum Gasteiger partial charge on any atom is 0.563 e. The number of hydrogen-bond acceptors (Lipinski definition) is 5. The highest BCUT2D eigenvalue weighted by atomic mass is 16.7. The van der Waals surface area contributed by atoms with E-state index >= 15 is 0 Å². The second-order valence-electron chi connectivity index (χ2n) is 9.31. The van der Waals surface area contributed by atoms with Crippen LogP contribution in [-0.2, 0) is 14.8 Å². The van der Waals surface area contributed by atoms with Gasteiger partial charge in [0.15, 0.2) is 0 Å². The molecule has 2 aliphatic heterocycles. The summed E-state index contributed by atoms with van der Waals surface area (Å²) in [6, 6.07) is 14.3. The molecule has 0 spiro atoms. The zero-order chi connectivity index (χ0) is 22.9.